The molecular weight excluding hydrogens is 386 g/mol. The van der Waals surface area contributed by atoms with Gasteiger partial charge in [0.25, 0.3) is 0 Å². The van der Waals surface area contributed by atoms with Gasteiger partial charge in [0.1, 0.15) is 23.5 Å². The third-order valence-electron chi connectivity index (χ3n) is 4.19. The quantitative estimate of drug-likeness (QED) is 0.627. The van der Waals surface area contributed by atoms with Gasteiger partial charge in [0.05, 0.1) is 22.3 Å². The number of aldehydes is 1. The molecule has 0 unspecified atom stereocenters. The maximum absolute atomic E-state index is 11.8. The molecule has 4 rings (SSSR count). The van der Waals surface area contributed by atoms with E-state index in [-0.39, 0.29) is 39.7 Å². The fourth-order valence-electron chi connectivity index (χ4n) is 2.77. The fraction of sp³-hybridized carbons (Fsp3) is 0.176. The van der Waals surface area contributed by atoms with E-state index in [9.17, 15) is 14.7 Å². The van der Waals surface area contributed by atoms with Crippen LogP contribution in [0, 0.1) is 11.3 Å². The predicted octanol–water partition coefficient (Wildman–Crippen LogP) is 2.85. The van der Waals surface area contributed by atoms with Crippen LogP contribution in [0.2, 0.25) is 5.02 Å². The Bertz CT molecular complexity index is 1150. The number of nitrogens with zero attached hydrogens (tertiary/aromatic N) is 6. The third kappa shape index (κ3) is 3.08. The molecule has 3 aromatic rings. The molecule has 0 radical (unpaired) electrons. The van der Waals surface area contributed by atoms with Gasteiger partial charge in [-0.25, -0.2) is 14.8 Å². The highest BCUT2D eigenvalue weighted by Crippen LogP contribution is 2.34. The first-order valence-electron chi connectivity index (χ1n) is 8.20. The average Bonchev–Trinajstić information content (AvgIpc) is 3.41. The van der Waals surface area contributed by atoms with Crippen LogP contribution in [-0.2, 0) is 0 Å². The third-order valence-corrected chi connectivity index (χ3v) is 4.48. The summed E-state index contributed by atoms with van der Waals surface area (Å²) in [5.74, 6) is 0.724. The number of carbonyl (C=O) groups is 2. The summed E-state index contributed by atoms with van der Waals surface area (Å²) in [6, 6.07) is 4.72. The van der Waals surface area contributed by atoms with Gasteiger partial charge in [-0.05, 0) is 18.9 Å². The number of aromatic nitrogens is 4. The van der Waals surface area contributed by atoms with Crippen molar-refractivity contribution in [2.45, 2.75) is 18.9 Å². The monoisotopic (exact) mass is 397 g/mol. The van der Waals surface area contributed by atoms with Gasteiger partial charge in [-0.1, -0.05) is 11.6 Å². The highest BCUT2D eigenvalue weighted by atomic mass is 35.5. The lowest BCUT2D eigenvalue weighted by Crippen LogP contribution is -2.33. The van der Waals surface area contributed by atoms with E-state index in [1.165, 1.54) is 33.9 Å². The molecule has 1 fully saturated rings. The summed E-state index contributed by atoms with van der Waals surface area (Å²) in [6.07, 6.45) is 3.61. The molecule has 0 saturated heterocycles. The smallest absolute Gasteiger partial charge is 0.413 e. The summed E-state index contributed by atoms with van der Waals surface area (Å²) >= 11 is 6.14. The van der Waals surface area contributed by atoms with Crippen molar-refractivity contribution in [1.82, 2.24) is 19.6 Å². The number of amides is 1. The van der Waals surface area contributed by atoms with Crippen molar-refractivity contribution >= 4 is 47.1 Å². The molecule has 1 amide bonds. The van der Waals surface area contributed by atoms with Gasteiger partial charge < -0.3 is 10.4 Å². The van der Waals surface area contributed by atoms with Crippen LogP contribution in [0.25, 0.3) is 5.65 Å². The Balaban J connectivity index is 1.84. The molecule has 28 heavy (non-hydrogen) atoms. The maximum Gasteiger partial charge on any atom is 0.413 e. The number of pyridine rings is 1. The molecule has 0 aliphatic heterocycles. The molecule has 1 saturated carbocycles. The topological polar surface area (TPSA) is 137 Å². The Hall–Kier alpha value is -3.71. The van der Waals surface area contributed by atoms with Crippen molar-refractivity contribution in [1.29, 1.82) is 5.26 Å². The first kappa shape index (κ1) is 17.7. The SMILES string of the molecule is N#Cc1cnc(Nc2cc(N(C(=O)O)C3CC3)n3ncc(C=O)c3n2)c(Cl)c1. The minimum atomic E-state index is -1.13. The Morgan fingerprint density at radius 1 is 1.43 bits per heavy atom. The van der Waals surface area contributed by atoms with Crippen molar-refractivity contribution in [2.24, 2.45) is 0 Å². The lowest BCUT2D eigenvalue weighted by molar-refractivity contribution is 0.112. The fourth-order valence-corrected chi connectivity index (χ4v) is 2.98. The van der Waals surface area contributed by atoms with E-state index in [0.717, 1.165) is 12.8 Å². The molecule has 3 aromatic heterocycles. The largest absolute Gasteiger partial charge is 0.465 e. The van der Waals surface area contributed by atoms with Crippen LogP contribution in [0.4, 0.5) is 22.2 Å². The lowest BCUT2D eigenvalue weighted by Gasteiger charge is -2.20. The minimum absolute atomic E-state index is 0.156. The summed E-state index contributed by atoms with van der Waals surface area (Å²) in [6.45, 7) is 0. The summed E-state index contributed by atoms with van der Waals surface area (Å²) in [7, 11) is 0. The highest BCUT2D eigenvalue weighted by molar-refractivity contribution is 6.33. The number of fused-ring (bicyclic) bond motifs is 1. The van der Waals surface area contributed by atoms with Gasteiger partial charge in [-0.3, -0.25) is 9.69 Å². The van der Waals surface area contributed by atoms with E-state index < -0.39 is 6.09 Å². The number of hydrogen-bond donors (Lipinski definition) is 2. The van der Waals surface area contributed by atoms with Crippen LogP contribution in [0.5, 0.6) is 0 Å². The molecule has 10 nitrogen and oxygen atoms in total. The lowest BCUT2D eigenvalue weighted by atomic mass is 10.3. The summed E-state index contributed by atoms with van der Waals surface area (Å²) in [5, 5.41) is 25.8. The summed E-state index contributed by atoms with van der Waals surface area (Å²) in [5.41, 5.74) is 0.709. The van der Waals surface area contributed by atoms with Crippen LogP contribution in [0.3, 0.4) is 0 Å². The van der Waals surface area contributed by atoms with Gasteiger partial charge >= 0.3 is 6.09 Å². The van der Waals surface area contributed by atoms with Gasteiger partial charge in [-0.15, -0.1) is 0 Å². The zero-order valence-electron chi connectivity index (χ0n) is 14.2. The predicted molar refractivity (Wildman–Crippen MR) is 99.1 cm³/mol. The van der Waals surface area contributed by atoms with Crippen LogP contribution in [-0.4, -0.2) is 43.1 Å². The summed E-state index contributed by atoms with van der Waals surface area (Å²) < 4.78 is 1.31. The molecule has 0 bridgehead atoms. The molecular formula is C17H12ClN7O3. The Morgan fingerprint density at radius 3 is 2.82 bits per heavy atom. The van der Waals surface area contributed by atoms with Crippen molar-refractivity contribution in [2.75, 3.05) is 10.2 Å². The minimum Gasteiger partial charge on any atom is -0.465 e. The van der Waals surface area contributed by atoms with Crippen molar-refractivity contribution in [3.8, 4) is 6.07 Å². The number of hydrogen-bond acceptors (Lipinski definition) is 7. The molecule has 0 spiro atoms. The van der Waals surface area contributed by atoms with Crippen molar-refractivity contribution in [3.63, 3.8) is 0 Å². The van der Waals surface area contributed by atoms with Gasteiger partial charge in [-0.2, -0.15) is 14.9 Å². The second-order valence-corrected chi connectivity index (χ2v) is 6.53. The number of nitrogens with one attached hydrogen (secondary N) is 1. The molecule has 0 aromatic carbocycles. The van der Waals surface area contributed by atoms with Crippen LogP contribution in [0.15, 0.2) is 24.5 Å². The number of carboxylic acid groups (broad SMARTS) is 1. The molecule has 2 N–H and O–H groups in total. The number of rotatable bonds is 5. The van der Waals surface area contributed by atoms with E-state index in [0.29, 0.717) is 11.8 Å². The Morgan fingerprint density at radius 2 is 2.21 bits per heavy atom. The number of nitriles is 1. The second-order valence-electron chi connectivity index (χ2n) is 6.13. The number of anilines is 3. The van der Waals surface area contributed by atoms with Crippen molar-refractivity contribution in [3.05, 3.63) is 40.7 Å². The van der Waals surface area contributed by atoms with Gasteiger partial charge in [0.2, 0.25) is 0 Å². The van der Waals surface area contributed by atoms with Crippen LogP contribution >= 0.6 is 11.6 Å². The maximum atomic E-state index is 11.8. The molecule has 140 valence electrons. The molecule has 0 atom stereocenters. The van der Waals surface area contributed by atoms with E-state index in [1.54, 1.807) is 0 Å². The van der Waals surface area contributed by atoms with E-state index in [4.69, 9.17) is 16.9 Å². The van der Waals surface area contributed by atoms with E-state index in [2.05, 4.69) is 20.4 Å². The molecule has 1 aliphatic carbocycles. The molecule has 11 heteroatoms. The second kappa shape index (κ2) is 6.79. The van der Waals surface area contributed by atoms with E-state index in [1.807, 2.05) is 6.07 Å². The van der Waals surface area contributed by atoms with E-state index >= 15 is 0 Å². The standard InChI is InChI=1S/C17H12ClN7O3/c18-12-3-9(5-19)6-20-15(12)22-13-4-14(24(17(27)28)11-1-2-11)25-16(23-13)10(8-26)7-21-25/h3-4,6-8,11H,1-2H2,(H,27,28)(H,20,22,23). The first-order valence-corrected chi connectivity index (χ1v) is 8.58. The Labute approximate surface area is 163 Å². The number of carbonyl (C=O) groups excluding carboxylic acids is 1. The zero-order chi connectivity index (χ0) is 19.8. The highest BCUT2D eigenvalue weighted by Gasteiger charge is 2.36. The van der Waals surface area contributed by atoms with Crippen LogP contribution in [0.1, 0.15) is 28.8 Å². The van der Waals surface area contributed by atoms with Crippen LogP contribution < -0.4 is 10.2 Å². The van der Waals surface area contributed by atoms with Crippen molar-refractivity contribution < 1.29 is 14.7 Å². The zero-order valence-corrected chi connectivity index (χ0v) is 15.0. The van der Waals surface area contributed by atoms with Gasteiger partial charge in [0, 0.05) is 18.3 Å². The normalized spacial score (nSPS) is 13.1. The molecule has 1 aliphatic rings. The van der Waals surface area contributed by atoms with Gasteiger partial charge in [0.15, 0.2) is 11.9 Å². The summed E-state index contributed by atoms with van der Waals surface area (Å²) in [4.78, 5) is 32.8. The molecule has 3 heterocycles. The Kier molecular flexibility index (Phi) is 4.29. The number of halogens is 1. The average molecular weight is 398 g/mol. The first-order chi connectivity index (χ1) is 13.5.